The number of carbonyl (C=O) groups is 1. The molecule has 2 aromatic carbocycles. The summed E-state index contributed by atoms with van der Waals surface area (Å²) in [7, 11) is 1.79. The van der Waals surface area contributed by atoms with E-state index in [9.17, 15) is 4.79 Å². The number of ether oxygens (including phenoxy) is 1. The first kappa shape index (κ1) is 24.3. The van der Waals surface area contributed by atoms with Crippen molar-refractivity contribution in [3.63, 3.8) is 0 Å². The Morgan fingerprint density at radius 2 is 1.56 bits per heavy atom. The summed E-state index contributed by atoms with van der Waals surface area (Å²) >= 11 is 5.90. The number of benzene rings is 2. The summed E-state index contributed by atoms with van der Waals surface area (Å²) in [6.07, 6.45) is 3.32. The van der Waals surface area contributed by atoms with Gasteiger partial charge in [-0.05, 0) is 79.6 Å². The third kappa shape index (κ3) is 7.09. The lowest BCUT2D eigenvalue weighted by atomic mass is 10.0. The highest BCUT2D eigenvalue weighted by atomic mass is 35.5. The summed E-state index contributed by atoms with van der Waals surface area (Å²) < 4.78 is 5.86. The van der Waals surface area contributed by atoms with Gasteiger partial charge in [-0.1, -0.05) is 11.6 Å². The van der Waals surface area contributed by atoms with E-state index < -0.39 is 0 Å². The minimum absolute atomic E-state index is 0.0190. The van der Waals surface area contributed by atoms with Crippen LogP contribution < -0.4 is 4.74 Å². The van der Waals surface area contributed by atoms with Crippen LogP contribution in [0.3, 0.4) is 0 Å². The maximum atomic E-state index is 12.5. The predicted octanol–water partition coefficient (Wildman–Crippen LogP) is 3.46. The van der Waals surface area contributed by atoms with Gasteiger partial charge in [-0.25, -0.2) is 0 Å². The fraction of sp³-hybridized carbons (Fsp3) is 0.440. The molecule has 9 heteroatoms. The highest BCUT2D eigenvalue weighted by Gasteiger charge is 2.18. The van der Waals surface area contributed by atoms with E-state index >= 15 is 0 Å². The highest BCUT2D eigenvalue weighted by Crippen LogP contribution is 2.17. The zero-order valence-corrected chi connectivity index (χ0v) is 20.3. The van der Waals surface area contributed by atoms with Crippen molar-refractivity contribution in [3.05, 3.63) is 70.5 Å². The number of piperazine rings is 1. The molecule has 0 radical (unpaired) electrons. The van der Waals surface area contributed by atoms with Crippen molar-refractivity contribution in [3.8, 4) is 5.75 Å². The molecule has 1 saturated heterocycles. The van der Waals surface area contributed by atoms with E-state index in [-0.39, 0.29) is 5.78 Å². The molecule has 1 fully saturated rings. The number of halogens is 1. The summed E-state index contributed by atoms with van der Waals surface area (Å²) in [5.74, 6) is 1.56. The van der Waals surface area contributed by atoms with Crippen LogP contribution in [0.25, 0.3) is 0 Å². The average Bonchev–Trinajstić information content (AvgIpc) is 3.27. The number of tetrazole rings is 1. The lowest BCUT2D eigenvalue weighted by Gasteiger charge is -2.34. The molecule has 0 spiro atoms. The summed E-state index contributed by atoms with van der Waals surface area (Å²) in [5.41, 5.74) is 1.27. The molecular weight excluding hydrogens is 452 g/mol. The van der Waals surface area contributed by atoms with Gasteiger partial charge in [0.05, 0.1) is 20.2 Å². The van der Waals surface area contributed by atoms with Crippen molar-refractivity contribution in [2.45, 2.75) is 25.8 Å². The Morgan fingerprint density at radius 1 is 0.912 bits per heavy atom. The van der Waals surface area contributed by atoms with Crippen molar-refractivity contribution in [2.75, 3.05) is 39.3 Å². The number of nitrogens with zero attached hydrogens (tertiary/aromatic N) is 6. The molecule has 1 aliphatic heterocycles. The van der Waals surface area contributed by atoms with Crippen LogP contribution >= 0.6 is 11.6 Å². The Hall–Kier alpha value is -2.81. The van der Waals surface area contributed by atoms with Gasteiger partial charge in [-0.15, -0.1) is 10.2 Å². The largest absolute Gasteiger partial charge is 0.494 e. The Bertz CT molecular complexity index is 1050. The molecule has 0 atom stereocenters. The topological polar surface area (TPSA) is 76.4 Å². The second-order valence-corrected chi connectivity index (χ2v) is 9.02. The van der Waals surface area contributed by atoms with Crippen LogP contribution in [0.2, 0.25) is 5.02 Å². The molecule has 2 heterocycles. The van der Waals surface area contributed by atoms with E-state index in [1.807, 2.05) is 24.3 Å². The molecule has 34 heavy (non-hydrogen) atoms. The van der Waals surface area contributed by atoms with Crippen LogP contribution in [-0.2, 0) is 13.6 Å². The van der Waals surface area contributed by atoms with Crippen LogP contribution in [0.4, 0.5) is 0 Å². The highest BCUT2D eigenvalue weighted by molar-refractivity contribution is 6.30. The Balaban J connectivity index is 1.08. The van der Waals surface area contributed by atoms with Gasteiger partial charge >= 0.3 is 0 Å². The third-order valence-corrected chi connectivity index (χ3v) is 6.24. The van der Waals surface area contributed by atoms with E-state index in [1.165, 1.54) is 11.2 Å². The van der Waals surface area contributed by atoms with Crippen molar-refractivity contribution in [1.29, 1.82) is 0 Å². The number of ketones is 1. The smallest absolute Gasteiger partial charge is 0.193 e. The first-order valence-corrected chi connectivity index (χ1v) is 12.2. The van der Waals surface area contributed by atoms with Gasteiger partial charge in [0.2, 0.25) is 0 Å². The monoisotopic (exact) mass is 482 g/mol. The van der Waals surface area contributed by atoms with Crippen molar-refractivity contribution in [1.82, 2.24) is 30.0 Å². The molecule has 0 saturated carbocycles. The number of aryl methyl sites for hydroxylation is 1. The average molecular weight is 483 g/mol. The minimum atomic E-state index is -0.0190. The molecule has 1 aliphatic rings. The van der Waals surface area contributed by atoms with Crippen LogP contribution in [0.15, 0.2) is 48.5 Å². The normalized spacial score (nSPS) is 14.9. The first-order valence-electron chi connectivity index (χ1n) is 11.8. The fourth-order valence-corrected chi connectivity index (χ4v) is 4.16. The third-order valence-electron chi connectivity index (χ3n) is 5.99. The second-order valence-electron chi connectivity index (χ2n) is 8.58. The molecule has 0 amide bonds. The molecule has 3 aromatic rings. The molecule has 0 aliphatic carbocycles. The number of unbranched alkanes of at least 4 members (excludes halogenated alkanes) is 2. The number of aromatic nitrogens is 4. The van der Waals surface area contributed by atoms with Crippen molar-refractivity contribution >= 4 is 17.4 Å². The maximum absolute atomic E-state index is 12.5. The van der Waals surface area contributed by atoms with E-state index in [0.29, 0.717) is 22.8 Å². The van der Waals surface area contributed by atoms with Gasteiger partial charge < -0.3 is 9.64 Å². The van der Waals surface area contributed by atoms with E-state index in [0.717, 1.165) is 63.7 Å². The molecule has 180 valence electrons. The van der Waals surface area contributed by atoms with Crippen LogP contribution in [0.5, 0.6) is 5.75 Å². The maximum Gasteiger partial charge on any atom is 0.193 e. The molecule has 0 bridgehead atoms. The van der Waals surface area contributed by atoms with Crippen molar-refractivity contribution < 1.29 is 9.53 Å². The number of carbonyl (C=O) groups excluding carboxylic acids is 1. The molecule has 0 N–H and O–H groups in total. The van der Waals surface area contributed by atoms with E-state index in [1.54, 1.807) is 31.3 Å². The van der Waals surface area contributed by atoms with E-state index in [4.69, 9.17) is 16.3 Å². The van der Waals surface area contributed by atoms with Gasteiger partial charge in [0.15, 0.2) is 11.6 Å². The Labute approximate surface area is 205 Å². The van der Waals surface area contributed by atoms with Crippen LogP contribution in [-0.4, -0.2) is 75.1 Å². The minimum Gasteiger partial charge on any atom is -0.494 e. The second kappa shape index (κ2) is 12.1. The van der Waals surface area contributed by atoms with Gasteiger partial charge in [0.1, 0.15) is 5.75 Å². The predicted molar refractivity (Wildman–Crippen MR) is 131 cm³/mol. The quantitative estimate of drug-likeness (QED) is 0.306. The molecule has 0 unspecified atom stereocenters. The molecular formula is C25H31ClN6O2. The zero-order chi connectivity index (χ0) is 23.8. The first-order chi connectivity index (χ1) is 16.6. The molecule has 4 rings (SSSR count). The number of rotatable bonds is 11. The summed E-state index contributed by atoms with van der Waals surface area (Å²) in [5, 5.41) is 12.8. The van der Waals surface area contributed by atoms with Crippen LogP contribution in [0, 0.1) is 0 Å². The molecule has 1 aromatic heterocycles. The van der Waals surface area contributed by atoms with Gasteiger partial charge in [0, 0.05) is 42.3 Å². The fourth-order valence-electron chi connectivity index (χ4n) is 4.03. The van der Waals surface area contributed by atoms with Crippen molar-refractivity contribution in [2.24, 2.45) is 7.05 Å². The summed E-state index contributed by atoms with van der Waals surface area (Å²) in [4.78, 5) is 19.0. The lowest BCUT2D eigenvalue weighted by molar-refractivity contribution is 0.103. The van der Waals surface area contributed by atoms with E-state index in [2.05, 4.69) is 25.2 Å². The Kier molecular flexibility index (Phi) is 8.62. The summed E-state index contributed by atoms with van der Waals surface area (Å²) in [6, 6.07) is 14.3. The van der Waals surface area contributed by atoms with Crippen LogP contribution in [0.1, 0.15) is 41.0 Å². The number of hydrogen-bond donors (Lipinski definition) is 0. The standard InChI is InChI=1S/C25H31ClN6O2/c1-30-28-24(27-29-30)19-32-16-14-31(15-17-32)13-3-2-4-18-34-23-11-7-21(8-12-23)25(33)20-5-9-22(26)10-6-20/h5-12H,2-4,13-19H2,1H3. The van der Waals surface area contributed by atoms with Gasteiger partial charge in [0.25, 0.3) is 0 Å². The van der Waals surface area contributed by atoms with Gasteiger partial charge in [-0.3, -0.25) is 9.69 Å². The Morgan fingerprint density at radius 3 is 2.21 bits per heavy atom. The van der Waals surface area contributed by atoms with Gasteiger partial charge in [-0.2, -0.15) is 4.80 Å². The summed E-state index contributed by atoms with van der Waals surface area (Å²) in [6.45, 7) is 6.82. The SMILES string of the molecule is Cn1nnc(CN2CCN(CCCCCOc3ccc(C(=O)c4ccc(Cl)cc4)cc3)CC2)n1. The molecule has 8 nitrogen and oxygen atoms in total. The lowest BCUT2D eigenvalue weighted by Crippen LogP contribution is -2.46. The number of hydrogen-bond acceptors (Lipinski definition) is 7. The zero-order valence-electron chi connectivity index (χ0n) is 19.6.